The van der Waals surface area contributed by atoms with Gasteiger partial charge in [-0.15, -0.1) is 0 Å². The summed E-state index contributed by atoms with van der Waals surface area (Å²) in [4.78, 5) is 0.453. The molecule has 0 bridgehead atoms. The van der Waals surface area contributed by atoms with Gasteiger partial charge in [0.1, 0.15) is 0 Å². The first-order valence-electron chi connectivity index (χ1n) is 6.36. The van der Waals surface area contributed by atoms with Gasteiger partial charge in [0.25, 0.3) is 0 Å². The fourth-order valence-electron chi connectivity index (χ4n) is 2.14. The zero-order valence-electron chi connectivity index (χ0n) is 11.5. The molecule has 1 saturated carbocycles. The molecule has 100 valence electrons. The Labute approximate surface area is 110 Å². The van der Waals surface area contributed by atoms with Crippen molar-refractivity contribution < 1.29 is 8.42 Å². The van der Waals surface area contributed by atoms with Gasteiger partial charge in [-0.3, -0.25) is 0 Å². The van der Waals surface area contributed by atoms with Crippen LogP contribution in [-0.2, 0) is 10.0 Å². The maximum absolute atomic E-state index is 12.5. The molecular weight excluding hydrogens is 246 g/mol. The Morgan fingerprint density at radius 3 is 2.22 bits per heavy atom. The zero-order valence-corrected chi connectivity index (χ0v) is 12.3. The summed E-state index contributed by atoms with van der Waals surface area (Å²) in [5.41, 5.74) is 3.00. The van der Waals surface area contributed by atoms with Gasteiger partial charge in [0.15, 0.2) is 0 Å². The van der Waals surface area contributed by atoms with Crippen molar-refractivity contribution in [1.29, 1.82) is 0 Å². The van der Waals surface area contributed by atoms with Crippen LogP contribution in [0.2, 0.25) is 0 Å². The van der Waals surface area contributed by atoms with E-state index in [1.165, 1.54) is 4.31 Å². The van der Waals surface area contributed by atoms with Gasteiger partial charge in [-0.1, -0.05) is 6.07 Å². The molecular formula is C14H21NO2S. The molecule has 1 fully saturated rings. The average Bonchev–Trinajstić information content (AvgIpc) is 3.07. The van der Waals surface area contributed by atoms with Crippen molar-refractivity contribution in [2.75, 3.05) is 13.6 Å². The fourth-order valence-corrected chi connectivity index (χ4v) is 3.68. The van der Waals surface area contributed by atoms with E-state index in [1.807, 2.05) is 26.8 Å². The predicted molar refractivity (Wildman–Crippen MR) is 73.2 cm³/mol. The van der Waals surface area contributed by atoms with E-state index in [-0.39, 0.29) is 0 Å². The van der Waals surface area contributed by atoms with E-state index in [0.29, 0.717) is 17.4 Å². The van der Waals surface area contributed by atoms with E-state index < -0.39 is 10.0 Å². The lowest BCUT2D eigenvalue weighted by Gasteiger charge is -2.19. The third-order valence-electron chi connectivity index (χ3n) is 3.69. The van der Waals surface area contributed by atoms with Crippen LogP contribution in [0.3, 0.4) is 0 Å². The molecule has 1 aromatic rings. The van der Waals surface area contributed by atoms with Crippen LogP contribution in [0.4, 0.5) is 0 Å². The van der Waals surface area contributed by atoms with Crippen LogP contribution < -0.4 is 0 Å². The van der Waals surface area contributed by atoms with E-state index in [2.05, 4.69) is 0 Å². The lowest BCUT2D eigenvalue weighted by atomic mass is 10.1. The summed E-state index contributed by atoms with van der Waals surface area (Å²) >= 11 is 0. The van der Waals surface area contributed by atoms with Crippen molar-refractivity contribution in [2.45, 2.75) is 38.5 Å². The number of aryl methyl sites for hydroxylation is 3. The zero-order chi connectivity index (χ0) is 13.5. The van der Waals surface area contributed by atoms with Crippen molar-refractivity contribution in [3.05, 3.63) is 28.8 Å². The maximum Gasteiger partial charge on any atom is 0.243 e. The van der Waals surface area contributed by atoms with Crippen molar-refractivity contribution in [2.24, 2.45) is 5.92 Å². The number of hydrogen-bond donors (Lipinski definition) is 0. The second-order valence-electron chi connectivity index (χ2n) is 5.43. The third-order valence-corrected chi connectivity index (χ3v) is 5.66. The minimum Gasteiger partial charge on any atom is -0.207 e. The maximum atomic E-state index is 12.5. The topological polar surface area (TPSA) is 37.4 Å². The highest BCUT2D eigenvalue weighted by Crippen LogP contribution is 2.31. The van der Waals surface area contributed by atoms with E-state index in [1.54, 1.807) is 13.1 Å². The molecule has 2 rings (SSSR count). The highest BCUT2D eigenvalue weighted by Gasteiger charge is 2.30. The second-order valence-corrected chi connectivity index (χ2v) is 7.44. The Kier molecular flexibility index (Phi) is 3.52. The molecule has 0 radical (unpaired) electrons. The number of benzene rings is 1. The van der Waals surface area contributed by atoms with Crippen molar-refractivity contribution >= 4 is 10.0 Å². The molecule has 1 aliphatic rings. The summed E-state index contributed by atoms with van der Waals surface area (Å²) < 4.78 is 26.5. The molecule has 0 atom stereocenters. The molecule has 0 N–H and O–H groups in total. The summed E-state index contributed by atoms with van der Waals surface area (Å²) in [6.07, 6.45) is 2.32. The van der Waals surface area contributed by atoms with Gasteiger partial charge >= 0.3 is 0 Å². The van der Waals surface area contributed by atoms with E-state index in [0.717, 1.165) is 29.5 Å². The second kappa shape index (κ2) is 4.67. The summed E-state index contributed by atoms with van der Waals surface area (Å²) in [6.45, 7) is 6.47. The van der Waals surface area contributed by atoms with Crippen LogP contribution in [0.1, 0.15) is 29.5 Å². The molecule has 1 aliphatic carbocycles. The van der Waals surface area contributed by atoms with E-state index in [4.69, 9.17) is 0 Å². The molecule has 0 unspecified atom stereocenters. The molecule has 1 aromatic carbocycles. The van der Waals surface area contributed by atoms with Gasteiger partial charge in [-0.05, 0) is 62.3 Å². The van der Waals surface area contributed by atoms with Gasteiger partial charge in [-0.2, -0.15) is 0 Å². The van der Waals surface area contributed by atoms with E-state index >= 15 is 0 Å². The molecule has 4 heteroatoms. The van der Waals surface area contributed by atoms with Crippen molar-refractivity contribution in [1.82, 2.24) is 4.31 Å². The highest BCUT2D eigenvalue weighted by molar-refractivity contribution is 7.89. The van der Waals surface area contributed by atoms with Gasteiger partial charge in [0.2, 0.25) is 10.0 Å². The molecule has 0 aliphatic heterocycles. The number of hydrogen-bond acceptors (Lipinski definition) is 2. The summed E-state index contributed by atoms with van der Waals surface area (Å²) in [7, 11) is -1.65. The van der Waals surface area contributed by atoms with Crippen LogP contribution in [0.5, 0.6) is 0 Å². The van der Waals surface area contributed by atoms with Crippen LogP contribution in [0, 0.1) is 26.7 Å². The minimum absolute atomic E-state index is 0.453. The largest absolute Gasteiger partial charge is 0.243 e. The van der Waals surface area contributed by atoms with Crippen molar-refractivity contribution in [3.63, 3.8) is 0 Å². The van der Waals surface area contributed by atoms with Crippen LogP contribution in [-0.4, -0.2) is 26.3 Å². The Hall–Kier alpha value is -0.870. The molecule has 0 spiro atoms. The molecule has 18 heavy (non-hydrogen) atoms. The quantitative estimate of drug-likeness (QED) is 0.841. The molecule has 0 amide bonds. The van der Waals surface area contributed by atoms with Crippen LogP contribution in [0.25, 0.3) is 0 Å². The number of nitrogens with zero attached hydrogens (tertiary/aromatic N) is 1. The first kappa shape index (κ1) is 13.6. The fraction of sp³-hybridized carbons (Fsp3) is 0.571. The predicted octanol–water partition coefficient (Wildman–Crippen LogP) is 2.64. The third kappa shape index (κ3) is 2.59. The van der Waals surface area contributed by atoms with E-state index in [9.17, 15) is 8.42 Å². The lowest BCUT2D eigenvalue weighted by molar-refractivity contribution is 0.452. The van der Waals surface area contributed by atoms with Crippen LogP contribution >= 0.6 is 0 Å². The smallest absolute Gasteiger partial charge is 0.207 e. The summed E-state index contributed by atoms with van der Waals surface area (Å²) in [5.74, 6) is 0.566. The van der Waals surface area contributed by atoms with Gasteiger partial charge < -0.3 is 0 Å². The normalized spacial score (nSPS) is 16.3. The average molecular weight is 267 g/mol. The van der Waals surface area contributed by atoms with Gasteiger partial charge in [-0.25, -0.2) is 12.7 Å². The minimum atomic E-state index is -3.33. The first-order valence-corrected chi connectivity index (χ1v) is 7.80. The summed E-state index contributed by atoms with van der Waals surface area (Å²) in [6, 6.07) is 3.75. The standard InChI is InChI=1S/C14H21NO2S/c1-10-7-12(3)14(8-11(10)2)18(16,17)15(4)9-13-5-6-13/h7-8,13H,5-6,9H2,1-4H3. The molecule has 3 nitrogen and oxygen atoms in total. The molecule has 0 aromatic heterocycles. The van der Waals surface area contributed by atoms with Crippen LogP contribution in [0.15, 0.2) is 17.0 Å². The Morgan fingerprint density at radius 1 is 1.11 bits per heavy atom. The monoisotopic (exact) mass is 267 g/mol. The Balaban J connectivity index is 2.36. The molecule has 0 saturated heterocycles. The molecule has 0 heterocycles. The van der Waals surface area contributed by atoms with Gasteiger partial charge in [0.05, 0.1) is 4.90 Å². The Morgan fingerprint density at radius 2 is 1.67 bits per heavy atom. The van der Waals surface area contributed by atoms with Crippen molar-refractivity contribution in [3.8, 4) is 0 Å². The number of rotatable bonds is 4. The SMILES string of the molecule is Cc1cc(C)c(S(=O)(=O)N(C)CC2CC2)cc1C. The lowest BCUT2D eigenvalue weighted by Crippen LogP contribution is -2.29. The summed E-state index contributed by atoms with van der Waals surface area (Å²) in [5, 5.41) is 0. The highest BCUT2D eigenvalue weighted by atomic mass is 32.2. The Bertz CT molecular complexity index is 559. The van der Waals surface area contributed by atoms with Gasteiger partial charge in [0, 0.05) is 13.6 Å². The first-order chi connectivity index (χ1) is 8.32. The number of sulfonamides is 1.